The molecule has 3 aromatic carbocycles. The van der Waals surface area contributed by atoms with E-state index in [0.717, 1.165) is 0 Å². The first-order valence-corrected chi connectivity index (χ1v) is 23.0. The molecule has 0 aliphatic rings. The second-order valence-corrected chi connectivity index (χ2v) is 27.4. The second kappa shape index (κ2) is 14.4. The van der Waals surface area contributed by atoms with Crippen molar-refractivity contribution in [2.45, 2.75) is 157 Å². The van der Waals surface area contributed by atoms with Crippen molar-refractivity contribution in [1.29, 1.82) is 0 Å². The average Bonchev–Trinajstić information content (AvgIpc) is 2.85. The molecule has 47 heavy (non-hydrogen) atoms. The number of rotatable bonds is 3. The SMILES string of the molecule is CC(C)(C)c1ccc[c]([Zn]([c]2cccc(C(C)(C)C)c2C(C)(C)C)[c]2cccc(C(C)(C)C)c2C(C)(C)C)c1C(C)(C)C.OP(O)O. The molecular weight excluding hydrogens is 649 g/mol. The minimum Gasteiger partial charge on any atom is -0.328 e. The van der Waals surface area contributed by atoms with Crippen LogP contribution < -0.4 is 12.5 Å². The van der Waals surface area contributed by atoms with Gasteiger partial charge in [-0.2, -0.15) is 0 Å². The summed E-state index contributed by atoms with van der Waals surface area (Å²) in [7, 11) is -2.62. The molecule has 3 aromatic rings. The Kier molecular flexibility index (Phi) is 12.8. The molecule has 259 valence electrons. The molecule has 3 N–H and O–H groups in total. The van der Waals surface area contributed by atoms with E-state index in [2.05, 4.69) is 179 Å². The zero-order valence-electron chi connectivity index (χ0n) is 33.2. The molecule has 0 heterocycles. The van der Waals surface area contributed by atoms with E-state index in [1.54, 1.807) is 29.2 Å². The standard InChI is InChI=1S/3C14H21.H3O3P.Zn/c3*1-13(2,3)11-9-7-8-10-12(11)14(4,5)6;1-4(2)3;/h3*7-9H,1-6H3;1-3H;. The van der Waals surface area contributed by atoms with Crippen LogP contribution in [0.2, 0.25) is 0 Å². The molecule has 0 aromatic heterocycles. The average molecular weight is 715 g/mol. The maximum Gasteiger partial charge on any atom is 0.324 e. The van der Waals surface area contributed by atoms with Gasteiger partial charge in [0, 0.05) is 0 Å². The molecule has 5 heteroatoms. The Morgan fingerprint density at radius 3 is 0.702 bits per heavy atom. The van der Waals surface area contributed by atoms with E-state index >= 15 is 0 Å². The van der Waals surface area contributed by atoms with Crippen molar-refractivity contribution in [3.63, 3.8) is 0 Å². The molecule has 0 unspecified atom stereocenters. The summed E-state index contributed by atoms with van der Waals surface area (Å²) in [6, 6.07) is 22.0. The van der Waals surface area contributed by atoms with Gasteiger partial charge in [0.25, 0.3) is 0 Å². The van der Waals surface area contributed by atoms with Crippen LogP contribution in [-0.4, -0.2) is 14.7 Å². The van der Waals surface area contributed by atoms with Crippen molar-refractivity contribution < 1.29 is 30.6 Å². The molecular formula is C42H66O3PZn. The fraction of sp³-hybridized carbons (Fsp3) is 0.571. The summed E-state index contributed by atoms with van der Waals surface area (Å²) in [5, 5.41) is 0. The fourth-order valence-electron chi connectivity index (χ4n) is 7.83. The molecule has 0 saturated heterocycles. The van der Waals surface area contributed by atoms with Gasteiger partial charge in [-0.25, -0.2) is 0 Å². The first-order valence-electron chi connectivity index (χ1n) is 17.4. The van der Waals surface area contributed by atoms with E-state index in [0.29, 0.717) is 0 Å². The van der Waals surface area contributed by atoms with Crippen LogP contribution in [0.3, 0.4) is 0 Å². The van der Waals surface area contributed by atoms with Crippen molar-refractivity contribution in [3.05, 3.63) is 88.0 Å². The van der Waals surface area contributed by atoms with Crippen LogP contribution in [0.25, 0.3) is 0 Å². The summed E-state index contributed by atoms with van der Waals surface area (Å²) in [6.07, 6.45) is 0. The van der Waals surface area contributed by atoms with Crippen LogP contribution in [0.1, 0.15) is 158 Å². The fourth-order valence-corrected chi connectivity index (χ4v) is 19.5. The zero-order chi connectivity index (χ0) is 36.7. The van der Waals surface area contributed by atoms with Crippen molar-refractivity contribution in [1.82, 2.24) is 0 Å². The molecule has 3 rings (SSSR count). The van der Waals surface area contributed by atoms with Crippen LogP contribution in [-0.2, 0) is 48.4 Å². The van der Waals surface area contributed by atoms with E-state index < -0.39 is 24.6 Å². The van der Waals surface area contributed by atoms with Gasteiger partial charge in [0.1, 0.15) is 0 Å². The smallest absolute Gasteiger partial charge is 0.324 e. The van der Waals surface area contributed by atoms with Gasteiger partial charge in [0.2, 0.25) is 0 Å². The van der Waals surface area contributed by atoms with Gasteiger partial charge in [-0.3, -0.25) is 0 Å². The zero-order valence-corrected chi connectivity index (χ0v) is 37.1. The molecule has 0 bridgehead atoms. The minimum atomic E-state index is -3.09. The van der Waals surface area contributed by atoms with Crippen LogP contribution >= 0.6 is 8.60 Å². The van der Waals surface area contributed by atoms with Crippen molar-refractivity contribution in [2.24, 2.45) is 0 Å². The van der Waals surface area contributed by atoms with Gasteiger partial charge in [0.15, 0.2) is 0 Å². The molecule has 0 aliphatic heterocycles. The monoisotopic (exact) mass is 713 g/mol. The Balaban J connectivity index is 0.00000181. The molecule has 0 fully saturated rings. The predicted molar refractivity (Wildman–Crippen MR) is 204 cm³/mol. The third kappa shape index (κ3) is 10.3. The molecule has 0 radical (unpaired) electrons. The molecule has 0 amide bonds. The van der Waals surface area contributed by atoms with Crippen molar-refractivity contribution in [3.8, 4) is 0 Å². The molecule has 0 atom stereocenters. The topological polar surface area (TPSA) is 60.7 Å². The van der Waals surface area contributed by atoms with E-state index in [1.807, 2.05) is 0 Å². The van der Waals surface area contributed by atoms with E-state index in [-0.39, 0.29) is 32.5 Å². The summed E-state index contributed by atoms with van der Waals surface area (Å²) in [5.41, 5.74) is 9.56. The molecule has 0 spiro atoms. The third-order valence-electron chi connectivity index (χ3n) is 9.27. The van der Waals surface area contributed by atoms with Crippen molar-refractivity contribution in [2.75, 3.05) is 0 Å². The molecule has 0 saturated carbocycles. The quantitative estimate of drug-likeness (QED) is 0.187. The van der Waals surface area contributed by atoms with Gasteiger partial charge < -0.3 is 14.7 Å². The first-order chi connectivity index (χ1) is 20.9. The van der Waals surface area contributed by atoms with Gasteiger partial charge in [-0.1, -0.05) is 0 Å². The summed E-state index contributed by atoms with van der Waals surface area (Å²) >= 11 is -3.09. The third-order valence-corrected chi connectivity index (χ3v) is 17.8. The Bertz CT molecular complexity index is 1330. The molecule has 0 aliphatic carbocycles. The Morgan fingerprint density at radius 2 is 0.553 bits per heavy atom. The van der Waals surface area contributed by atoms with Crippen LogP contribution in [0.5, 0.6) is 0 Å². The van der Waals surface area contributed by atoms with Crippen LogP contribution in [0.4, 0.5) is 0 Å². The first kappa shape index (κ1) is 41.8. The van der Waals surface area contributed by atoms with Gasteiger partial charge in [-0.15, -0.1) is 0 Å². The van der Waals surface area contributed by atoms with E-state index in [4.69, 9.17) is 14.7 Å². The van der Waals surface area contributed by atoms with Gasteiger partial charge >= 0.3 is 282 Å². The van der Waals surface area contributed by atoms with Gasteiger partial charge in [-0.05, 0) is 0 Å². The number of hydrogen-bond acceptors (Lipinski definition) is 3. The number of benzene rings is 3. The van der Waals surface area contributed by atoms with E-state index in [9.17, 15) is 0 Å². The predicted octanol–water partition coefficient (Wildman–Crippen LogP) is 9.56. The number of hydrogen-bond donors (Lipinski definition) is 3. The maximum atomic E-state index is 7.23. The van der Waals surface area contributed by atoms with Crippen LogP contribution in [0.15, 0.2) is 54.6 Å². The van der Waals surface area contributed by atoms with Gasteiger partial charge in [0.05, 0.1) is 0 Å². The Hall–Kier alpha value is -1.41. The largest absolute Gasteiger partial charge is 0.328 e. The normalized spacial score (nSPS) is 13.4. The van der Waals surface area contributed by atoms with E-state index in [1.165, 1.54) is 16.7 Å². The van der Waals surface area contributed by atoms with Crippen LogP contribution in [0, 0.1) is 0 Å². The summed E-state index contributed by atoms with van der Waals surface area (Å²) < 4.78 is 4.98. The second-order valence-electron chi connectivity index (χ2n) is 19.8. The molecule has 3 nitrogen and oxygen atoms in total. The summed E-state index contributed by atoms with van der Waals surface area (Å²) in [6.45, 7) is 43.5. The Labute approximate surface area is 295 Å². The Morgan fingerprint density at radius 1 is 0.362 bits per heavy atom. The minimum absolute atomic E-state index is 0.0288. The summed E-state index contributed by atoms with van der Waals surface area (Å²) in [4.78, 5) is 21.7. The summed E-state index contributed by atoms with van der Waals surface area (Å²) in [5.74, 6) is 0. The van der Waals surface area contributed by atoms with Crippen molar-refractivity contribution >= 4 is 21.1 Å². The maximum absolute atomic E-state index is 7.23.